The van der Waals surface area contributed by atoms with E-state index < -0.39 is 0 Å². The normalized spacial score (nSPS) is 12.0. The molecular formula is C64H38N4O2. The van der Waals surface area contributed by atoms with Gasteiger partial charge in [0.2, 0.25) is 0 Å². The Balaban J connectivity index is 1.04. The first-order valence-electron chi connectivity index (χ1n) is 23.6. The second kappa shape index (κ2) is 15.0. The highest BCUT2D eigenvalue weighted by Gasteiger charge is 2.27. The lowest BCUT2D eigenvalue weighted by Crippen LogP contribution is -2.02. The lowest BCUT2D eigenvalue weighted by Gasteiger charge is -2.21. The maximum atomic E-state index is 7.19. The topological polar surface area (TPSA) is 61.9 Å². The van der Waals surface area contributed by atoms with Crippen LogP contribution >= 0.6 is 0 Å². The number of hydrogen-bond donors (Lipinski definition) is 0. The summed E-state index contributed by atoms with van der Waals surface area (Å²) in [5.74, 6) is 0.640. The molecule has 6 heteroatoms. The minimum atomic E-state index is 0.640. The van der Waals surface area contributed by atoms with Gasteiger partial charge in [-0.3, -0.25) is 0 Å². The van der Waals surface area contributed by atoms with Crippen LogP contribution in [-0.2, 0) is 0 Å². The molecule has 326 valence electrons. The van der Waals surface area contributed by atoms with Crippen molar-refractivity contribution in [2.45, 2.75) is 0 Å². The Bertz CT molecular complexity index is 4510. The van der Waals surface area contributed by atoms with E-state index in [2.05, 4.69) is 203 Å². The minimum absolute atomic E-state index is 0.640. The zero-order valence-corrected chi connectivity index (χ0v) is 37.5. The van der Waals surface area contributed by atoms with Gasteiger partial charge in [0.25, 0.3) is 0 Å². The Morgan fingerprint density at radius 3 is 1.60 bits per heavy atom. The molecule has 0 bridgehead atoms. The third kappa shape index (κ3) is 5.68. The first-order valence-corrected chi connectivity index (χ1v) is 23.6. The third-order valence-corrected chi connectivity index (χ3v) is 14.1. The van der Waals surface area contributed by atoms with Crippen LogP contribution in [0.15, 0.2) is 239 Å². The number of rotatable bonds is 6. The highest BCUT2D eigenvalue weighted by atomic mass is 16.3. The standard InChI is InChI=1S/C64H38N4O2/c1-5-19-39(20-6-1)48-35-42(59-63-60(47-29-15-18-32-56(47)69-63)66-64(65-59)41-23-9-3-10-24-41)36-49(40-21-7-2-8-22-40)61(48)68-53-31-17-14-28-46(53)58-54(68)34-33-45-51-37-50-44-27-13-16-30-52(44)67(43-25-11-4-12-26-43)55(50)38-57(51)70-62(45)58/h1-38H. The third-order valence-electron chi connectivity index (χ3n) is 14.1. The number of nitrogens with zero attached hydrogens (tertiary/aromatic N) is 4. The number of furan rings is 2. The smallest absolute Gasteiger partial charge is 0.180 e. The summed E-state index contributed by atoms with van der Waals surface area (Å²) in [5.41, 5.74) is 17.3. The second-order valence-electron chi connectivity index (χ2n) is 18.0. The number of hydrogen-bond acceptors (Lipinski definition) is 4. The van der Waals surface area contributed by atoms with Crippen molar-refractivity contribution in [1.82, 2.24) is 19.1 Å². The highest BCUT2D eigenvalue weighted by Crippen LogP contribution is 2.48. The van der Waals surface area contributed by atoms with Gasteiger partial charge in [-0.05, 0) is 77.9 Å². The summed E-state index contributed by atoms with van der Waals surface area (Å²) in [6.45, 7) is 0. The van der Waals surface area contributed by atoms with Crippen LogP contribution in [0.25, 0.3) is 144 Å². The van der Waals surface area contributed by atoms with Gasteiger partial charge in [0.05, 0.1) is 33.1 Å². The van der Waals surface area contributed by atoms with Gasteiger partial charge in [-0.2, -0.15) is 0 Å². The fraction of sp³-hybridized carbons (Fsp3) is 0. The molecule has 0 radical (unpaired) electrons. The monoisotopic (exact) mass is 894 g/mol. The molecule has 70 heavy (non-hydrogen) atoms. The molecule has 10 aromatic carbocycles. The Morgan fingerprint density at radius 1 is 0.329 bits per heavy atom. The largest absolute Gasteiger partial charge is 0.455 e. The molecule has 6 nitrogen and oxygen atoms in total. The summed E-state index contributed by atoms with van der Waals surface area (Å²) in [6.07, 6.45) is 0. The van der Waals surface area contributed by atoms with E-state index in [9.17, 15) is 0 Å². The fourth-order valence-electron chi connectivity index (χ4n) is 11.0. The molecular weight excluding hydrogens is 857 g/mol. The molecule has 0 aliphatic carbocycles. The van der Waals surface area contributed by atoms with E-state index in [1.54, 1.807) is 0 Å². The molecule has 0 aliphatic rings. The molecule has 0 amide bonds. The second-order valence-corrected chi connectivity index (χ2v) is 18.0. The number of aromatic nitrogens is 4. The lowest BCUT2D eigenvalue weighted by molar-refractivity contribution is 0.667. The zero-order valence-electron chi connectivity index (χ0n) is 37.5. The van der Waals surface area contributed by atoms with Crippen molar-refractivity contribution in [3.8, 4) is 56.3 Å². The first kappa shape index (κ1) is 38.6. The Hall–Kier alpha value is -9.52. The summed E-state index contributed by atoms with van der Waals surface area (Å²) in [5, 5.41) is 7.70. The molecule has 0 spiro atoms. The maximum Gasteiger partial charge on any atom is 0.180 e. The number of fused-ring (bicyclic) bond motifs is 13. The van der Waals surface area contributed by atoms with Crippen LogP contribution in [0.5, 0.6) is 0 Å². The molecule has 0 fully saturated rings. The van der Waals surface area contributed by atoms with Gasteiger partial charge in [0, 0.05) is 66.3 Å². The van der Waals surface area contributed by atoms with Crippen molar-refractivity contribution in [1.29, 1.82) is 0 Å². The van der Waals surface area contributed by atoms with E-state index in [0.29, 0.717) is 11.4 Å². The first-order chi connectivity index (χ1) is 34.7. The van der Waals surface area contributed by atoms with Crippen LogP contribution in [0.2, 0.25) is 0 Å². The lowest BCUT2D eigenvalue weighted by atomic mass is 9.91. The van der Waals surface area contributed by atoms with Crippen molar-refractivity contribution in [3.63, 3.8) is 0 Å². The minimum Gasteiger partial charge on any atom is -0.455 e. The van der Waals surface area contributed by atoms with Crippen LogP contribution in [0.3, 0.4) is 0 Å². The molecule has 5 heterocycles. The van der Waals surface area contributed by atoms with Gasteiger partial charge in [-0.25, -0.2) is 9.97 Å². The summed E-state index contributed by atoms with van der Waals surface area (Å²) in [7, 11) is 0. The van der Waals surface area contributed by atoms with E-state index >= 15 is 0 Å². The molecule has 15 rings (SSSR count). The molecule has 15 aromatic rings. The predicted molar refractivity (Wildman–Crippen MR) is 287 cm³/mol. The van der Waals surface area contributed by atoms with E-state index in [1.807, 2.05) is 36.4 Å². The maximum absolute atomic E-state index is 7.19. The molecule has 0 atom stereocenters. The van der Waals surface area contributed by atoms with Crippen LogP contribution in [-0.4, -0.2) is 19.1 Å². The molecule has 0 unspecified atom stereocenters. The SMILES string of the molecule is c1ccc(-c2nc(-c3cc(-c4ccccc4)c(-n4c5ccccc5c5c6oc7cc8c(cc7c6ccc54)c4ccccc4n8-c4ccccc4)c(-c4ccccc4)c3)c3oc4ccccc4c3n2)cc1. The van der Waals surface area contributed by atoms with Crippen molar-refractivity contribution >= 4 is 87.6 Å². The highest BCUT2D eigenvalue weighted by molar-refractivity contribution is 6.26. The van der Waals surface area contributed by atoms with Gasteiger partial charge < -0.3 is 18.0 Å². The molecule has 0 N–H and O–H groups in total. The quantitative estimate of drug-likeness (QED) is 0.167. The van der Waals surface area contributed by atoms with Crippen molar-refractivity contribution < 1.29 is 8.83 Å². The summed E-state index contributed by atoms with van der Waals surface area (Å²) in [4.78, 5) is 10.6. The molecule has 5 aromatic heterocycles. The van der Waals surface area contributed by atoms with E-state index in [1.165, 1.54) is 16.3 Å². The van der Waals surface area contributed by atoms with Crippen LogP contribution in [0.4, 0.5) is 0 Å². The average molecular weight is 895 g/mol. The van der Waals surface area contributed by atoms with E-state index in [0.717, 1.165) is 116 Å². The number of para-hydroxylation sites is 4. The van der Waals surface area contributed by atoms with Gasteiger partial charge in [-0.15, -0.1) is 0 Å². The van der Waals surface area contributed by atoms with Crippen LogP contribution in [0, 0.1) is 0 Å². The van der Waals surface area contributed by atoms with Crippen molar-refractivity contribution in [3.05, 3.63) is 231 Å². The summed E-state index contributed by atoms with van der Waals surface area (Å²) < 4.78 is 18.7. The Kier molecular flexibility index (Phi) is 8.26. The molecule has 0 saturated carbocycles. The van der Waals surface area contributed by atoms with Gasteiger partial charge in [0.1, 0.15) is 28.0 Å². The van der Waals surface area contributed by atoms with Crippen LogP contribution < -0.4 is 0 Å². The molecule has 0 aliphatic heterocycles. The average Bonchev–Trinajstić information content (AvgIpc) is 4.18. The number of benzene rings is 10. The van der Waals surface area contributed by atoms with Crippen molar-refractivity contribution in [2.24, 2.45) is 0 Å². The Morgan fingerprint density at radius 2 is 0.900 bits per heavy atom. The zero-order chi connectivity index (χ0) is 45.9. The fourth-order valence-corrected chi connectivity index (χ4v) is 11.0. The van der Waals surface area contributed by atoms with Crippen molar-refractivity contribution in [2.75, 3.05) is 0 Å². The van der Waals surface area contributed by atoms with Gasteiger partial charge in [-0.1, -0.05) is 158 Å². The predicted octanol–water partition coefficient (Wildman–Crippen LogP) is 17.1. The van der Waals surface area contributed by atoms with E-state index in [-0.39, 0.29) is 0 Å². The van der Waals surface area contributed by atoms with E-state index in [4.69, 9.17) is 18.8 Å². The van der Waals surface area contributed by atoms with Crippen LogP contribution in [0.1, 0.15) is 0 Å². The Labute approximate surface area is 400 Å². The van der Waals surface area contributed by atoms with Gasteiger partial charge >= 0.3 is 0 Å². The summed E-state index contributed by atoms with van der Waals surface area (Å²) in [6, 6.07) is 81.4. The van der Waals surface area contributed by atoms with Gasteiger partial charge in [0.15, 0.2) is 11.4 Å². The molecule has 0 saturated heterocycles. The summed E-state index contributed by atoms with van der Waals surface area (Å²) >= 11 is 0.